The minimum Gasteiger partial charge on any atom is -0.229 e. The lowest BCUT2D eigenvalue weighted by Gasteiger charge is -2.06. The van der Waals surface area contributed by atoms with Crippen LogP contribution in [0.1, 0.15) is 25.3 Å². The predicted octanol–water partition coefficient (Wildman–Crippen LogP) is 3.89. The lowest BCUT2D eigenvalue weighted by atomic mass is 10.0. The van der Waals surface area contributed by atoms with Gasteiger partial charge in [0.15, 0.2) is 0 Å². The van der Waals surface area contributed by atoms with Gasteiger partial charge < -0.3 is 0 Å². The first kappa shape index (κ1) is 12.0. The second kappa shape index (κ2) is 5.27. The van der Waals surface area contributed by atoms with Crippen molar-refractivity contribution in [2.24, 2.45) is 0 Å². The first-order valence-corrected chi connectivity index (χ1v) is 6.22. The number of nitrogens with zero attached hydrogens (tertiary/aromatic N) is 2. The minimum atomic E-state index is -0.499. The average molecular weight is 248 g/mol. The molecule has 2 rings (SSSR count). The van der Waals surface area contributed by atoms with E-state index in [0.717, 1.165) is 4.90 Å². The van der Waals surface area contributed by atoms with Crippen LogP contribution in [0.25, 0.3) is 0 Å². The lowest BCUT2D eigenvalue weighted by Crippen LogP contribution is -1.88. The van der Waals surface area contributed by atoms with Crippen LogP contribution < -0.4 is 0 Å². The van der Waals surface area contributed by atoms with Gasteiger partial charge in [-0.25, -0.2) is 9.97 Å². The molecule has 17 heavy (non-hydrogen) atoms. The highest BCUT2D eigenvalue weighted by Gasteiger charge is 2.02. The van der Waals surface area contributed by atoms with Gasteiger partial charge in [0.25, 0.3) is 0 Å². The van der Waals surface area contributed by atoms with Crippen LogP contribution in [0.3, 0.4) is 0 Å². The molecule has 4 heteroatoms. The molecule has 0 aliphatic carbocycles. The molecule has 0 aliphatic heterocycles. The third-order valence-corrected chi connectivity index (χ3v) is 3.32. The summed E-state index contributed by atoms with van der Waals surface area (Å²) in [5.74, 6) is 0.0202. The Morgan fingerprint density at radius 2 is 1.82 bits per heavy atom. The molecular weight excluding hydrogens is 235 g/mol. The van der Waals surface area contributed by atoms with E-state index in [1.165, 1.54) is 29.7 Å². The molecule has 0 amide bonds. The van der Waals surface area contributed by atoms with Crippen LogP contribution in [-0.2, 0) is 0 Å². The van der Waals surface area contributed by atoms with Gasteiger partial charge >= 0.3 is 0 Å². The number of aromatic nitrogens is 2. The SMILES string of the molecule is CC(C)c1ccc(Sc2cc(F)ncn2)cc1. The highest BCUT2D eigenvalue weighted by atomic mass is 32.2. The molecule has 0 N–H and O–H groups in total. The third kappa shape index (κ3) is 3.27. The van der Waals surface area contributed by atoms with E-state index in [2.05, 4.69) is 35.9 Å². The Morgan fingerprint density at radius 1 is 1.12 bits per heavy atom. The van der Waals surface area contributed by atoms with Crippen molar-refractivity contribution in [1.82, 2.24) is 9.97 Å². The summed E-state index contributed by atoms with van der Waals surface area (Å²) in [4.78, 5) is 8.48. The van der Waals surface area contributed by atoms with Crippen molar-refractivity contribution in [3.8, 4) is 0 Å². The Labute approximate surface area is 104 Å². The van der Waals surface area contributed by atoms with Crippen molar-refractivity contribution < 1.29 is 4.39 Å². The molecule has 88 valence electrons. The number of hydrogen-bond acceptors (Lipinski definition) is 3. The Balaban J connectivity index is 2.14. The summed E-state index contributed by atoms with van der Waals surface area (Å²) in [5, 5.41) is 0.620. The van der Waals surface area contributed by atoms with E-state index in [1.54, 1.807) is 0 Å². The fourth-order valence-electron chi connectivity index (χ4n) is 1.41. The molecule has 0 radical (unpaired) electrons. The van der Waals surface area contributed by atoms with Crippen molar-refractivity contribution >= 4 is 11.8 Å². The maximum atomic E-state index is 12.9. The van der Waals surface area contributed by atoms with Crippen molar-refractivity contribution in [3.63, 3.8) is 0 Å². The molecule has 0 atom stereocenters. The molecule has 0 bridgehead atoms. The monoisotopic (exact) mass is 248 g/mol. The van der Waals surface area contributed by atoms with Crippen LogP contribution in [0.2, 0.25) is 0 Å². The van der Waals surface area contributed by atoms with Crippen LogP contribution in [0.15, 0.2) is 46.6 Å². The standard InChI is InChI=1S/C13H13FN2S/c1-9(2)10-3-5-11(6-4-10)17-13-7-12(14)15-8-16-13/h3-9H,1-2H3. The average Bonchev–Trinajstić information content (AvgIpc) is 2.29. The molecule has 0 saturated heterocycles. The molecule has 0 spiro atoms. The van der Waals surface area contributed by atoms with Crippen LogP contribution >= 0.6 is 11.8 Å². The molecular formula is C13H13FN2S. The van der Waals surface area contributed by atoms with Crippen LogP contribution in [0.4, 0.5) is 4.39 Å². The van der Waals surface area contributed by atoms with E-state index >= 15 is 0 Å². The summed E-state index contributed by atoms with van der Waals surface area (Å²) in [7, 11) is 0. The highest BCUT2D eigenvalue weighted by Crippen LogP contribution is 2.27. The summed E-state index contributed by atoms with van der Waals surface area (Å²) in [6.07, 6.45) is 1.24. The van der Waals surface area contributed by atoms with Gasteiger partial charge in [0, 0.05) is 11.0 Å². The summed E-state index contributed by atoms with van der Waals surface area (Å²) in [5.41, 5.74) is 1.29. The van der Waals surface area contributed by atoms with Crippen LogP contribution in [0, 0.1) is 5.95 Å². The van der Waals surface area contributed by atoms with E-state index in [0.29, 0.717) is 10.9 Å². The first-order chi connectivity index (χ1) is 8.15. The maximum absolute atomic E-state index is 12.9. The van der Waals surface area contributed by atoms with Gasteiger partial charge in [-0.15, -0.1) is 0 Å². The molecule has 0 aliphatic rings. The van der Waals surface area contributed by atoms with Crippen molar-refractivity contribution in [2.45, 2.75) is 29.7 Å². The largest absolute Gasteiger partial charge is 0.229 e. The van der Waals surface area contributed by atoms with Gasteiger partial charge in [0.2, 0.25) is 5.95 Å². The molecule has 0 fully saturated rings. The van der Waals surface area contributed by atoms with E-state index in [-0.39, 0.29) is 0 Å². The lowest BCUT2D eigenvalue weighted by molar-refractivity contribution is 0.572. The second-order valence-electron chi connectivity index (χ2n) is 4.00. The van der Waals surface area contributed by atoms with E-state index in [9.17, 15) is 4.39 Å². The van der Waals surface area contributed by atoms with Crippen molar-refractivity contribution in [3.05, 3.63) is 48.2 Å². The predicted molar refractivity (Wildman–Crippen MR) is 66.6 cm³/mol. The number of rotatable bonds is 3. The van der Waals surface area contributed by atoms with Gasteiger partial charge in [-0.2, -0.15) is 4.39 Å². The Kier molecular flexibility index (Phi) is 3.74. The molecule has 1 aromatic carbocycles. The molecule has 0 unspecified atom stereocenters. The minimum absolute atomic E-state index is 0.499. The smallest absolute Gasteiger partial charge is 0.217 e. The third-order valence-electron chi connectivity index (χ3n) is 2.38. The van der Waals surface area contributed by atoms with Gasteiger partial charge in [-0.05, 0) is 23.6 Å². The maximum Gasteiger partial charge on any atom is 0.217 e. The fourth-order valence-corrected chi connectivity index (χ4v) is 2.18. The zero-order valence-electron chi connectivity index (χ0n) is 9.72. The van der Waals surface area contributed by atoms with Gasteiger partial charge in [0.1, 0.15) is 11.4 Å². The van der Waals surface area contributed by atoms with Gasteiger partial charge in [-0.1, -0.05) is 37.7 Å². The number of halogens is 1. The Morgan fingerprint density at radius 3 is 2.41 bits per heavy atom. The number of benzene rings is 1. The second-order valence-corrected chi connectivity index (χ2v) is 5.10. The normalized spacial score (nSPS) is 10.8. The highest BCUT2D eigenvalue weighted by molar-refractivity contribution is 7.99. The first-order valence-electron chi connectivity index (χ1n) is 5.40. The van der Waals surface area contributed by atoms with Crippen LogP contribution in [0.5, 0.6) is 0 Å². The van der Waals surface area contributed by atoms with Crippen LogP contribution in [-0.4, -0.2) is 9.97 Å². The zero-order valence-corrected chi connectivity index (χ0v) is 10.5. The van der Waals surface area contributed by atoms with E-state index < -0.39 is 5.95 Å². The Hall–Kier alpha value is -1.42. The summed E-state index contributed by atoms with van der Waals surface area (Å²) < 4.78 is 12.9. The Bertz CT molecular complexity index is 497. The van der Waals surface area contributed by atoms with E-state index in [1.807, 2.05) is 12.1 Å². The number of hydrogen-bond donors (Lipinski definition) is 0. The molecule has 1 aromatic heterocycles. The zero-order chi connectivity index (χ0) is 12.3. The summed E-state index contributed by atoms with van der Waals surface area (Å²) in [6.45, 7) is 4.31. The summed E-state index contributed by atoms with van der Waals surface area (Å²) in [6, 6.07) is 9.57. The topological polar surface area (TPSA) is 25.8 Å². The van der Waals surface area contributed by atoms with E-state index in [4.69, 9.17) is 0 Å². The molecule has 2 aromatic rings. The summed E-state index contributed by atoms with van der Waals surface area (Å²) >= 11 is 1.43. The van der Waals surface area contributed by atoms with Crippen molar-refractivity contribution in [1.29, 1.82) is 0 Å². The van der Waals surface area contributed by atoms with Gasteiger partial charge in [0.05, 0.1) is 0 Å². The van der Waals surface area contributed by atoms with Crippen molar-refractivity contribution in [2.75, 3.05) is 0 Å². The molecule has 1 heterocycles. The molecule has 0 saturated carbocycles. The fraction of sp³-hybridized carbons (Fsp3) is 0.231. The molecule has 2 nitrogen and oxygen atoms in total. The van der Waals surface area contributed by atoms with Gasteiger partial charge in [-0.3, -0.25) is 0 Å². The quantitative estimate of drug-likeness (QED) is 0.771.